The van der Waals surface area contributed by atoms with Crippen LogP contribution in [0.2, 0.25) is 0 Å². The summed E-state index contributed by atoms with van der Waals surface area (Å²) in [7, 11) is 1.62. The van der Waals surface area contributed by atoms with Crippen LogP contribution in [0.1, 0.15) is 32.6 Å². The van der Waals surface area contributed by atoms with Crippen LogP contribution in [0.4, 0.5) is 5.69 Å². The quantitative estimate of drug-likeness (QED) is 0.552. The topological polar surface area (TPSA) is 67.8 Å². The van der Waals surface area contributed by atoms with Crippen LogP contribution in [-0.2, 0) is 13.2 Å². The number of aromatic carboxylic acids is 1. The van der Waals surface area contributed by atoms with E-state index in [1.807, 2.05) is 37.3 Å². The van der Waals surface area contributed by atoms with E-state index in [1.165, 1.54) is 5.56 Å². The zero-order valence-electron chi connectivity index (χ0n) is 16.9. The van der Waals surface area contributed by atoms with E-state index in [2.05, 4.69) is 24.4 Å². The summed E-state index contributed by atoms with van der Waals surface area (Å²) >= 11 is 0. The highest BCUT2D eigenvalue weighted by Gasteiger charge is 2.12. The van der Waals surface area contributed by atoms with E-state index in [-0.39, 0.29) is 5.56 Å². The molecule has 0 bridgehead atoms. The van der Waals surface area contributed by atoms with Crippen molar-refractivity contribution >= 4 is 11.7 Å². The average Bonchev–Trinajstić information content (AvgIpc) is 2.71. The molecule has 0 saturated carbocycles. The molecule has 3 rings (SSSR count). The third kappa shape index (κ3) is 5.08. The first-order valence-corrected chi connectivity index (χ1v) is 9.40. The molecule has 0 radical (unpaired) electrons. The molecule has 0 fully saturated rings. The van der Waals surface area contributed by atoms with Crippen molar-refractivity contribution in [1.82, 2.24) is 0 Å². The molecule has 0 spiro atoms. The minimum Gasteiger partial charge on any atom is -0.493 e. The molecular formula is C24H25NO4. The van der Waals surface area contributed by atoms with Crippen LogP contribution in [-0.4, -0.2) is 18.2 Å². The van der Waals surface area contributed by atoms with E-state index in [1.54, 1.807) is 25.3 Å². The highest BCUT2D eigenvalue weighted by molar-refractivity contribution is 5.89. The van der Waals surface area contributed by atoms with Gasteiger partial charge in [0.25, 0.3) is 0 Å². The third-order valence-corrected chi connectivity index (χ3v) is 4.70. The van der Waals surface area contributed by atoms with E-state index in [0.717, 1.165) is 22.4 Å². The zero-order chi connectivity index (χ0) is 20.8. The molecule has 0 aliphatic rings. The van der Waals surface area contributed by atoms with Crippen molar-refractivity contribution in [1.29, 1.82) is 0 Å². The van der Waals surface area contributed by atoms with Gasteiger partial charge in [0.05, 0.1) is 12.7 Å². The number of nitrogens with one attached hydrogen (secondary N) is 1. The van der Waals surface area contributed by atoms with Crippen molar-refractivity contribution in [2.45, 2.75) is 27.0 Å². The predicted molar refractivity (Wildman–Crippen MR) is 114 cm³/mol. The van der Waals surface area contributed by atoms with Gasteiger partial charge in [0.2, 0.25) is 0 Å². The largest absolute Gasteiger partial charge is 0.493 e. The van der Waals surface area contributed by atoms with Gasteiger partial charge in [-0.15, -0.1) is 0 Å². The van der Waals surface area contributed by atoms with Gasteiger partial charge < -0.3 is 19.9 Å². The van der Waals surface area contributed by atoms with Crippen LogP contribution < -0.4 is 14.8 Å². The van der Waals surface area contributed by atoms with Crippen LogP contribution in [0.5, 0.6) is 11.5 Å². The number of methoxy groups -OCH3 is 1. The van der Waals surface area contributed by atoms with Crippen molar-refractivity contribution < 1.29 is 19.4 Å². The first kappa shape index (κ1) is 20.3. The molecule has 5 heteroatoms. The fourth-order valence-corrected chi connectivity index (χ4v) is 3.12. The first-order chi connectivity index (χ1) is 14.0. The van der Waals surface area contributed by atoms with Crippen molar-refractivity contribution in [2.24, 2.45) is 0 Å². The smallest absolute Gasteiger partial charge is 0.335 e. The minimum absolute atomic E-state index is 0.250. The maximum Gasteiger partial charge on any atom is 0.335 e. The van der Waals surface area contributed by atoms with Crippen molar-refractivity contribution in [3.8, 4) is 11.5 Å². The van der Waals surface area contributed by atoms with Crippen molar-refractivity contribution in [3.05, 3.63) is 88.5 Å². The zero-order valence-corrected chi connectivity index (χ0v) is 16.9. The van der Waals surface area contributed by atoms with Gasteiger partial charge in [0.15, 0.2) is 11.5 Å². The molecule has 0 saturated heterocycles. The second kappa shape index (κ2) is 9.15. The van der Waals surface area contributed by atoms with Gasteiger partial charge in [0, 0.05) is 17.8 Å². The summed E-state index contributed by atoms with van der Waals surface area (Å²) in [5.74, 6) is 0.389. The maximum absolute atomic E-state index is 11.3. The van der Waals surface area contributed by atoms with Gasteiger partial charge in [-0.2, -0.15) is 0 Å². The SMILES string of the molecule is COc1cccc(CNc2cc(C(=O)O)ccc2C)c1OCc1cccc(C)c1. The number of aryl methyl sites for hydroxylation is 2. The molecule has 2 N–H and O–H groups in total. The molecule has 0 unspecified atom stereocenters. The van der Waals surface area contributed by atoms with Gasteiger partial charge >= 0.3 is 5.97 Å². The number of carbonyl (C=O) groups is 1. The lowest BCUT2D eigenvalue weighted by Gasteiger charge is -2.17. The molecule has 29 heavy (non-hydrogen) atoms. The predicted octanol–water partition coefficient (Wildman–Crippen LogP) is 5.20. The van der Waals surface area contributed by atoms with Gasteiger partial charge in [-0.3, -0.25) is 0 Å². The molecule has 0 heterocycles. The number of ether oxygens (including phenoxy) is 2. The van der Waals surface area contributed by atoms with Crippen molar-refractivity contribution in [2.75, 3.05) is 12.4 Å². The Bertz CT molecular complexity index is 1010. The molecule has 5 nitrogen and oxygen atoms in total. The normalized spacial score (nSPS) is 10.4. The lowest BCUT2D eigenvalue weighted by atomic mass is 10.1. The summed E-state index contributed by atoms with van der Waals surface area (Å²) in [5, 5.41) is 12.6. The number of hydrogen-bond donors (Lipinski definition) is 2. The van der Waals surface area contributed by atoms with E-state index >= 15 is 0 Å². The average molecular weight is 391 g/mol. The van der Waals surface area contributed by atoms with Gasteiger partial charge in [-0.1, -0.05) is 48.0 Å². The Morgan fingerprint density at radius 2 is 1.83 bits per heavy atom. The highest BCUT2D eigenvalue weighted by Crippen LogP contribution is 2.32. The van der Waals surface area contributed by atoms with E-state index in [0.29, 0.717) is 24.7 Å². The van der Waals surface area contributed by atoms with Crippen LogP contribution in [0.15, 0.2) is 60.7 Å². The van der Waals surface area contributed by atoms with Crippen molar-refractivity contribution in [3.63, 3.8) is 0 Å². The Balaban J connectivity index is 1.81. The molecule has 150 valence electrons. The highest BCUT2D eigenvalue weighted by atomic mass is 16.5. The first-order valence-electron chi connectivity index (χ1n) is 9.40. The van der Waals surface area contributed by atoms with Crippen LogP contribution >= 0.6 is 0 Å². The number of para-hydroxylation sites is 1. The lowest BCUT2D eigenvalue weighted by molar-refractivity contribution is 0.0697. The molecule has 0 aliphatic carbocycles. The fourth-order valence-electron chi connectivity index (χ4n) is 3.12. The second-order valence-electron chi connectivity index (χ2n) is 6.91. The van der Waals surface area contributed by atoms with Gasteiger partial charge in [-0.05, 0) is 43.2 Å². The summed E-state index contributed by atoms with van der Waals surface area (Å²) in [6.45, 7) is 4.90. The molecule has 3 aromatic carbocycles. The van der Waals surface area contributed by atoms with E-state index in [9.17, 15) is 9.90 Å². The van der Waals surface area contributed by atoms with Gasteiger partial charge in [-0.25, -0.2) is 4.79 Å². The molecule has 0 aliphatic heterocycles. The van der Waals surface area contributed by atoms with Crippen LogP contribution in [0.25, 0.3) is 0 Å². The molecule has 0 amide bonds. The monoisotopic (exact) mass is 391 g/mol. The van der Waals surface area contributed by atoms with Gasteiger partial charge in [0.1, 0.15) is 6.61 Å². The number of benzene rings is 3. The summed E-state index contributed by atoms with van der Waals surface area (Å²) in [6.07, 6.45) is 0. The number of hydrogen-bond acceptors (Lipinski definition) is 4. The summed E-state index contributed by atoms with van der Waals surface area (Å²) < 4.78 is 11.6. The number of anilines is 1. The summed E-state index contributed by atoms with van der Waals surface area (Å²) in [5.41, 5.74) is 5.19. The standard InChI is InChI=1S/C24H25NO4/c1-16-6-4-7-18(12-16)15-29-23-20(8-5-9-22(23)28-3)14-25-21-13-19(24(26)27)11-10-17(21)2/h4-13,25H,14-15H2,1-3H3,(H,26,27). The van der Waals surface area contributed by atoms with E-state index < -0.39 is 5.97 Å². The molecule has 3 aromatic rings. The molecule has 0 aromatic heterocycles. The Hall–Kier alpha value is -3.47. The Morgan fingerprint density at radius 1 is 1.03 bits per heavy atom. The number of rotatable bonds is 8. The van der Waals surface area contributed by atoms with Crippen LogP contribution in [0.3, 0.4) is 0 Å². The molecule has 0 atom stereocenters. The Kier molecular flexibility index (Phi) is 6.39. The number of carboxylic acid groups (broad SMARTS) is 1. The third-order valence-electron chi connectivity index (χ3n) is 4.70. The second-order valence-corrected chi connectivity index (χ2v) is 6.91. The maximum atomic E-state index is 11.3. The van der Waals surface area contributed by atoms with E-state index in [4.69, 9.17) is 9.47 Å². The van der Waals surface area contributed by atoms with Crippen LogP contribution in [0, 0.1) is 13.8 Å². The number of carboxylic acids is 1. The summed E-state index contributed by atoms with van der Waals surface area (Å²) in [6, 6.07) is 19.0. The Labute approximate surface area is 170 Å². The fraction of sp³-hybridized carbons (Fsp3) is 0.208. The Morgan fingerprint density at radius 3 is 2.55 bits per heavy atom. The minimum atomic E-state index is -0.948. The lowest BCUT2D eigenvalue weighted by Crippen LogP contribution is -2.07. The summed E-state index contributed by atoms with van der Waals surface area (Å²) in [4.78, 5) is 11.3. The molecular weight excluding hydrogens is 366 g/mol.